The quantitative estimate of drug-likeness (QED) is 0.798. The molecule has 0 aliphatic heterocycles. The Morgan fingerprint density at radius 3 is 2.91 bits per heavy atom. The minimum atomic E-state index is -0.0656. The maximum Gasteiger partial charge on any atom is 0.317 e. The van der Waals surface area contributed by atoms with Gasteiger partial charge < -0.3 is 19.5 Å². The molecule has 0 saturated carbocycles. The fourth-order valence-electron chi connectivity index (χ4n) is 2.40. The van der Waals surface area contributed by atoms with Gasteiger partial charge in [-0.2, -0.15) is 0 Å². The van der Waals surface area contributed by atoms with Crippen molar-refractivity contribution in [3.05, 3.63) is 48.0 Å². The highest BCUT2D eigenvalue weighted by Gasteiger charge is 2.09. The summed E-state index contributed by atoms with van der Waals surface area (Å²) in [5.41, 5.74) is 2.15. The Balaban J connectivity index is 1.74. The van der Waals surface area contributed by atoms with Crippen LogP contribution in [0.1, 0.15) is 17.5 Å². The molecule has 1 N–H and O–H groups in total. The highest BCUT2D eigenvalue weighted by Crippen LogP contribution is 2.19. The standard InChI is InChI=1S/C17H24N4O2/c1-14-11-15(5-6-16(14)23-3)12-20(2)17(22)19-7-4-9-21-10-8-18-13-21/h5-6,8,10-11,13H,4,7,9,12H2,1-3H3,(H,19,22). The summed E-state index contributed by atoms with van der Waals surface area (Å²) in [7, 11) is 3.45. The van der Waals surface area contributed by atoms with E-state index in [1.54, 1.807) is 31.6 Å². The molecule has 0 fully saturated rings. The van der Waals surface area contributed by atoms with Gasteiger partial charge in [0.25, 0.3) is 0 Å². The number of aryl methyl sites for hydroxylation is 2. The average Bonchev–Trinajstić information content (AvgIpc) is 3.05. The number of nitrogens with one attached hydrogen (secondary N) is 1. The molecule has 2 rings (SSSR count). The van der Waals surface area contributed by atoms with Crippen LogP contribution in [0.3, 0.4) is 0 Å². The Morgan fingerprint density at radius 2 is 2.26 bits per heavy atom. The van der Waals surface area contributed by atoms with Gasteiger partial charge in [0, 0.05) is 39.1 Å². The lowest BCUT2D eigenvalue weighted by Gasteiger charge is -2.19. The fourth-order valence-corrected chi connectivity index (χ4v) is 2.40. The molecule has 1 aromatic heterocycles. The Morgan fingerprint density at radius 1 is 1.43 bits per heavy atom. The van der Waals surface area contributed by atoms with Crippen molar-refractivity contribution in [3.8, 4) is 5.75 Å². The number of amides is 2. The molecule has 0 aliphatic rings. The van der Waals surface area contributed by atoms with Crippen LogP contribution in [0.5, 0.6) is 5.75 Å². The zero-order valence-corrected chi connectivity index (χ0v) is 14.0. The Hall–Kier alpha value is -2.50. The SMILES string of the molecule is COc1ccc(CN(C)C(=O)NCCCn2ccnc2)cc1C. The molecule has 0 spiro atoms. The number of carbonyl (C=O) groups excluding carboxylic acids is 1. The molecule has 1 heterocycles. The van der Waals surface area contributed by atoms with E-state index in [1.165, 1.54) is 0 Å². The van der Waals surface area contributed by atoms with Crippen molar-refractivity contribution in [1.82, 2.24) is 19.8 Å². The van der Waals surface area contributed by atoms with Crippen molar-refractivity contribution in [2.45, 2.75) is 26.4 Å². The third-order valence-electron chi connectivity index (χ3n) is 3.65. The highest BCUT2D eigenvalue weighted by molar-refractivity contribution is 5.73. The number of hydrogen-bond donors (Lipinski definition) is 1. The summed E-state index contributed by atoms with van der Waals surface area (Å²) < 4.78 is 7.25. The van der Waals surface area contributed by atoms with Gasteiger partial charge in [0.1, 0.15) is 5.75 Å². The van der Waals surface area contributed by atoms with Crippen LogP contribution in [0, 0.1) is 6.92 Å². The van der Waals surface area contributed by atoms with Crippen molar-refractivity contribution < 1.29 is 9.53 Å². The smallest absolute Gasteiger partial charge is 0.317 e. The number of rotatable bonds is 7. The first kappa shape index (κ1) is 16.9. The molecule has 0 unspecified atom stereocenters. The third kappa shape index (κ3) is 5.02. The van der Waals surface area contributed by atoms with Crippen LogP contribution >= 0.6 is 0 Å². The van der Waals surface area contributed by atoms with Gasteiger partial charge in [-0.15, -0.1) is 0 Å². The predicted molar refractivity (Wildman–Crippen MR) is 89.4 cm³/mol. The summed E-state index contributed by atoms with van der Waals surface area (Å²) in [5.74, 6) is 0.861. The minimum absolute atomic E-state index is 0.0656. The largest absolute Gasteiger partial charge is 0.496 e. The lowest BCUT2D eigenvalue weighted by Crippen LogP contribution is -2.37. The number of imidazole rings is 1. The minimum Gasteiger partial charge on any atom is -0.496 e. The zero-order chi connectivity index (χ0) is 16.7. The van der Waals surface area contributed by atoms with Gasteiger partial charge in [-0.05, 0) is 30.5 Å². The molecule has 2 amide bonds. The lowest BCUT2D eigenvalue weighted by molar-refractivity contribution is 0.206. The highest BCUT2D eigenvalue weighted by atomic mass is 16.5. The van der Waals surface area contributed by atoms with E-state index in [9.17, 15) is 4.79 Å². The van der Waals surface area contributed by atoms with Crippen molar-refractivity contribution in [1.29, 1.82) is 0 Å². The Labute approximate surface area is 137 Å². The number of methoxy groups -OCH3 is 1. The van der Waals surface area contributed by atoms with E-state index in [0.717, 1.165) is 29.8 Å². The topological polar surface area (TPSA) is 59.4 Å². The van der Waals surface area contributed by atoms with E-state index >= 15 is 0 Å². The second-order valence-corrected chi connectivity index (χ2v) is 5.55. The van der Waals surface area contributed by atoms with Gasteiger partial charge in [0.15, 0.2) is 0 Å². The van der Waals surface area contributed by atoms with E-state index in [2.05, 4.69) is 10.3 Å². The zero-order valence-electron chi connectivity index (χ0n) is 14.0. The number of nitrogens with zero attached hydrogens (tertiary/aromatic N) is 3. The number of urea groups is 1. The molecule has 0 atom stereocenters. The van der Waals surface area contributed by atoms with Crippen molar-refractivity contribution >= 4 is 6.03 Å². The van der Waals surface area contributed by atoms with E-state index in [1.807, 2.05) is 35.9 Å². The van der Waals surface area contributed by atoms with Crippen molar-refractivity contribution in [2.24, 2.45) is 0 Å². The number of ether oxygens (including phenoxy) is 1. The number of hydrogen-bond acceptors (Lipinski definition) is 3. The molecule has 0 radical (unpaired) electrons. The molecular formula is C17H24N4O2. The molecule has 124 valence electrons. The summed E-state index contributed by atoms with van der Waals surface area (Å²) in [5, 5.41) is 2.93. The second-order valence-electron chi connectivity index (χ2n) is 5.55. The monoisotopic (exact) mass is 316 g/mol. The molecular weight excluding hydrogens is 292 g/mol. The third-order valence-corrected chi connectivity index (χ3v) is 3.65. The van der Waals surface area contributed by atoms with Crippen molar-refractivity contribution in [2.75, 3.05) is 20.7 Å². The van der Waals surface area contributed by atoms with Gasteiger partial charge in [0.05, 0.1) is 13.4 Å². The maximum absolute atomic E-state index is 12.1. The molecule has 6 nitrogen and oxygen atoms in total. The van der Waals surface area contributed by atoms with Crippen LogP contribution in [-0.4, -0.2) is 41.2 Å². The van der Waals surface area contributed by atoms with Crippen molar-refractivity contribution in [3.63, 3.8) is 0 Å². The molecule has 0 aliphatic carbocycles. The van der Waals surface area contributed by atoms with Crippen LogP contribution < -0.4 is 10.1 Å². The van der Waals surface area contributed by atoms with Gasteiger partial charge in [-0.1, -0.05) is 12.1 Å². The normalized spacial score (nSPS) is 10.4. The number of carbonyl (C=O) groups is 1. The summed E-state index contributed by atoms with van der Waals surface area (Å²) in [6.45, 7) is 4.06. The lowest BCUT2D eigenvalue weighted by atomic mass is 10.1. The first-order valence-electron chi connectivity index (χ1n) is 7.68. The van der Waals surface area contributed by atoms with Crippen LogP contribution in [0.15, 0.2) is 36.9 Å². The summed E-state index contributed by atoms with van der Waals surface area (Å²) in [6, 6.07) is 5.89. The van der Waals surface area contributed by atoms with Crippen LogP contribution in [0.4, 0.5) is 4.79 Å². The molecule has 1 aromatic carbocycles. The first-order valence-corrected chi connectivity index (χ1v) is 7.68. The number of benzene rings is 1. The van der Waals surface area contributed by atoms with E-state index < -0.39 is 0 Å². The first-order chi connectivity index (χ1) is 11.1. The predicted octanol–water partition coefficient (Wildman–Crippen LogP) is 2.43. The summed E-state index contributed by atoms with van der Waals surface area (Å²) in [4.78, 5) is 17.8. The number of aromatic nitrogens is 2. The Bertz CT molecular complexity index is 626. The Kier molecular flexibility index (Phi) is 6.02. The second kappa shape index (κ2) is 8.22. The fraction of sp³-hybridized carbons (Fsp3) is 0.412. The summed E-state index contributed by atoms with van der Waals surface area (Å²) >= 11 is 0. The average molecular weight is 316 g/mol. The van der Waals surface area contributed by atoms with E-state index in [0.29, 0.717) is 13.1 Å². The van der Waals surface area contributed by atoms with Gasteiger partial charge in [-0.25, -0.2) is 9.78 Å². The molecule has 23 heavy (non-hydrogen) atoms. The summed E-state index contributed by atoms with van der Waals surface area (Å²) in [6.07, 6.45) is 6.32. The molecule has 0 saturated heterocycles. The molecule has 0 bridgehead atoms. The maximum atomic E-state index is 12.1. The van der Waals surface area contributed by atoms with Crippen LogP contribution in [-0.2, 0) is 13.1 Å². The van der Waals surface area contributed by atoms with Gasteiger partial charge in [0.2, 0.25) is 0 Å². The van der Waals surface area contributed by atoms with Gasteiger partial charge in [-0.3, -0.25) is 0 Å². The van der Waals surface area contributed by atoms with Gasteiger partial charge >= 0.3 is 6.03 Å². The van der Waals surface area contributed by atoms with E-state index in [-0.39, 0.29) is 6.03 Å². The molecule has 6 heteroatoms. The molecule has 2 aromatic rings. The van der Waals surface area contributed by atoms with E-state index in [4.69, 9.17) is 4.74 Å². The van der Waals surface area contributed by atoms with Crippen LogP contribution in [0.25, 0.3) is 0 Å². The van der Waals surface area contributed by atoms with Crippen LogP contribution in [0.2, 0.25) is 0 Å².